The predicted molar refractivity (Wildman–Crippen MR) is 130 cm³/mol. The number of carboxylic acids is 2. The zero-order chi connectivity index (χ0) is 26.4. The van der Waals surface area contributed by atoms with Crippen molar-refractivity contribution in [2.45, 2.75) is 62.7 Å². The third-order valence-corrected chi connectivity index (χ3v) is 5.84. The van der Waals surface area contributed by atoms with Gasteiger partial charge in [-0.05, 0) is 50.7 Å². The SMILES string of the molecule is CSCCC(NC(=O)C1CCCN1)C(=O)NC(CCCN=C(N)N)C(=O)NC(CC(=O)O)C(=O)O. The molecular weight excluding hydrogens is 482 g/mol. The van der Waals surface area contributed by atoms with Crippen LogP contribution in [0.2, 0.25) is 0 Å². The van der Waals surface area contributed by atoms with Gasteiger partial charge in [0.15, 0.2) is 5.96 Å². The number of carboxylic acid groups (broad SMARTS) is 2. The van der Waals surface area contributed by atoms with Crippen molar-refractivity contribution >= 4 is 47.4 Å². The Bertz CT molecular complexity index is 786. The number of aliphatic carboxylic acids is 2. The topological polar surface area (TPSA) is 238 Å². The van der Waals surface area contributed by atoms with Gasteiger partial charge in [-0.2, -0.15) is 11.8 Å². The summed E-state index contributed by atoms with van der Waals surface area (Å²) in [7, 11) is 0. The molecule has 1 heterocycles. The summed E-state index contributed by atoms with van der Waals surface area (Å²) in [6, 6.07) is -4.20. The van der Waals surface area contributed by atoms with Crippen molar-refractivity contribution in [2.75, 3.05) is 25.1 Å². The van der Waals surface area contributed by atoms with Gasteiger partial charge in [0.1, 0.15) is 18.1 Å². The molecule has 0 aromatic rings. The highest BCUT2D eigenvalue weighted by Gasteiger charge is 2.31. The summed E-state index contributed by atoms with van der Waals surface area (Å²) in [6.07, 6.45) is 3.13. The summed E-state index contributed by atoms with van der Waals surface area (Å²) in [4.78, 5) is 64.5. The van der Waals surface area contributed by atoms with Crippen molar-refractivity contribution in [2.24, 2.45) is 16.5 Å². The molecule has 0 aromatic carbocycles. The van der Waals surface area contributed by atoms with Crippen LogP contribution < -0.4 is 32.7 Å². The number of hydrogen-bond acceptors (Lipinski definition) is 8. The van der Waals surface area contributed by atoms with E-state index in [1.54, 1.807) is 0 Å². The lowest BCUT2D eigenvalue weighted by Crippen LogP contribution is -2.57. The monoisotopic (exact) mass is 517 g/mol. The minimum Gasteiger partial charge on any atom is -0.481 e. The molecule has 35 heavy (non-hydrogen) atoms. The Morgan fingerprint density at radius 3 is 2.17 bits per heavy atom. The number of rotatable bonds is 16. The second-order valence-electron chi connectivity index (χ2n) is 8.00. The molecule has 1 rings (SSSR count). The molecule has 0 aliphatic carbocycles. The van der Waals surface area contributed by atoms with Crippen LogP contribution in [0.5, 0.6) is 0 Å². The van der Waals surface area contributed by atoms with Crippen LogP contribution in [0.4, 0.5) is 0 Å². The first-order chi connectivity index (χ1) is 16.5. The van der Waals surface area contributed by atoms with Crippen molar-refractivity contribution in [1.29, 1.82) is 0 Å². The maximum Gasteiger partial charge on any atom is 0.326 e. The fraction of sp³-hybridized carbons (Fsp3) is 0.700. The third kappa shape index (κ3) is 11.8. The molecule has 1 aliphatic rings. The molecule has 15 heteroatoms. The van der Waals surface area contributed by atoms with E-state index >= 15 is 0 Å². The van der Waals surface area contributed by atoms with Gasteiger partial charge in [-0.1, -0.05) is 0 Å². The van der Waals surface area contributed by atoms with Crippen LogP contribution in [0, 0.1) is 0 Å². The minimum absolute atomic E-state index is 0.0428. The fourth-order valence-corrected chi connectivity index (χ4v) is 3.85. The standard InChI is InChI=1S/C20H35N7O7S/c1-35-9-6-13(26-16(30)11-4-2-7-23-11)18(32)25-12(5-3-8-24-20(21)22)17(31)27-14(19(33)34)10-15(28)29/h11-14,23H,2-10H2,1H3,(H,25,32)(H,26,30)(H,27,31)(H,28,29)(H,33,34)(H4,21,22,24). The summed E-state index contributed by atoms with van der Waals surface area (Å²) < 4.78 is 0. The highest BCUT2D eigenvalue weighted by atomic mass is 32.2. The van der Waals surface area contributed by atoms with Crippen LogP contribution in [0.25, 0.3) is 0 Å². The molecule has 1 saturated heterocycles. The molecule has 1 aliphatic heterocycles. The number of nitrogens with one attached hydrogen (secondary N) is 4. The van der Waals surface area contributed by atoms with Crippen LogP contribution in [0.1, 0.15) is 38.5 Å². The first kappa shape index (κ1) is 30.0. The number of carbonyl (C=O) groups excluding carboxylic acids is 3. The number of nitrogens with two attached hydrogens (primary N) is 2. The van der Waals surface area contributed by atoms with Crippen LogP contribution in [-0.4, -0.2) is 95.1 Å². The second-order valence-corrected chi connectivity index (χ2v) is 8.98. The Morgan fingerprint density at radius 2 is 1.66 bits per heavy atom. The van der Waals surface area contributed by atoms with Gasteiger partial charge in [0.25, 0.3) is 0 Å². The summed E-state index contributed by atoms with van der Waals surface area (Å²) in [5, 5.41) is 28.6. The van der Waals surface area contributed by atoms with Gasteiger partial charge in [0, 0.05) is 6.54 Å². The first-order valence-corrected chi connectivity index (χ1v) is 12.6. The van der Waals surface area contributed by atoms with E-state index in [0.29, 0.717) is 25.1 Å². The molecule has 10 N–H and O–H groups in total. The maximum atomic E-state index is 13.0. The van der Waals surface area contributed by atoms with Gasteiger partial charge in [-0.3, -0.25) is 24.2 Å². The second kappa shape index (κ2) is 15.8. The summed E-state index contributed by atoms with van der Waals surface area (Å²) in [5.41, 5.74) is 10.6. The number of carbonyl (C=O) groups is 5. The van der Waals surface area contributed by atoms with E-state index in [9.17, 15) is 29.1 Å². The van der Waals surface area contributed by atoms with E-state index in [0.717, 1.165) is 6.42 Å². The molecule has 4 unspecified atom stereocenters. The van der Waals surface area contributed by atoms with Crippen LogP contribution in [0.15, 0.2) is 4.99 Å². The minimum atomic E-state index is -1.68. The highest BCUT2D eigenvalue weighted by Crippen LogP contribution is 2.08. The molecule has 3 amide bonds. The lowest BCUT2D eigenvalue weighted by molar-refractivity contribution is -0.147. The molecule has 4 atom stereocenters. The number of thioether (sulfide) groups is 1. The fourth-order valence-electron chi connectivity index (χ4n) is 3.38. The quantitative estimate of drug-likeness (QED) is 0.0607. The summed E-state index contributed by atoms with van der Waals surface area (Å²) in [5.74, 6) is -4.32. The van der Waals surface area contributed by atoms with Crippen LogP contribution >= 0.6 is 11.8 Å². The highest BCUT2D eigenvalue weighted by molar-refractivity contribution is 7.98. The predicted octanol–water partition coefficient (Wildman–Crippen LogP) is -2.44. The Hall–Kier alpha value is -3.07. The largest absolute Gasteiger partial charge is 0.481 e. The van der Waals surface area contributed by atoms with Gasteiger partial charge in [0.2, 0.25) is 17.7 Å². The van der Waals surface area contributed by atoms with E-state index in [-0.39, 0.29) is 31.3 Å². The van der Waals surface area contributed by atoms with Crippen molar-refractivity contribution < 1.29 is 34.2 Å². The van der Waals surface area contributed by atoms with Crippen molar-refractivity contribution in [1.82, 2.24) is 21.3 Å². The van der Waals surface area contributed by atoms with Crippen LogP contribution in [0.3, 0.4) is 0 Å². The molecule has 0 radical (unpaired) electrons. The first-order valence-electron chi connectivity index (χ1n) is 11.2. The Morgan fingerprint density at radius 1 is 1.03 bits per heavy atom. The normalized spacial score (nSPS) is 17.5. The molecule has 198 valence electrons. The third-order valence-electron chi connectivity index (χ3n) is 5.19. The zero-order valence-corrected chi connectivity index (χ0v) is 20.4. The summed E-state index contributed by atoms with van der Waals surface area (Å²) >= 11 is 1.48. The molecule has 0 aromatic heterocycles. The van der Waals surface area contributed by atoms with Gasteiger partial charge < -0.3 is 42.9 Å². The van der Waals surface area contributed by atoms with Gasteiger partial charge >= 0.3 is 11.9 Å². The molecule has 1 fully saturated rings. The van der Waals surface area contributed by atoms with E-state index in [1.807, 2.05) is 6.26 Å². The van der Waals surface area contributed by atoms with Gasteiger partial charge in [0.05, 0.1) is 12.5 Å². The molecular formula is C20H35N7O7S. The summed E-state index contributed by atoms with van der Waals surface area (Å²) in [6.45, 7) is 0.859. The van der Waals surface area contributed by atoms with Crippen molar-refractivity contribution in [3.63, 3.8) is 0 Å². The average Bonchev–Trinajstić information content (AvgIpc) is 3.32. The molecule has 0 spiro atoms. The van der Waals surface area contributed by atoms with Crippen molar-refractivity contribution in [3.8, 4) is 0 Å². The molecule has 14 nitrogen and oxygen atoms in total. The number of hydrogen-bond donors (Lipinski definition) is 8. The lowest BCUT2D eigenvalue weighted by atomic mass is 10.1. The van der Waals surface area contributed by atoms with Crippen LogP contribution in [-0.2, 0) is 24.0 Å². The Balaban J connectivity index is 2.95. The lowest BCUT2D eigenvalue weighted by Gasteiger charge is -2.25. The van der Waals surface area contributed by atoms with E-state index in [4.69, 9.17) is 16.6 Å². The Labute approximate surface area is 207 Å². The number of guanidine groups is 1. The Kier molecular flexibility index (Phi) is 13.5. The smallest absolute Gasteiger partial charge is 0.326 e. The number of nitrogens with zero attached hydrogens (tertiary/aromatic N) is 1. The van der Waals surface area contributed by atoms with Gasteiger partial charge in [-0.25, -0.2) is 4.79 Å². The average molecular weight is 518 g/mol. The van der Waals surface area contributed by atoms with E-state index < -0.39 is 54.3 Å². The van der Waals surface area contributed by atoms with E-state index in [1.165, 1.54) is 11.8 Å². The zero-order valence-electron chi connectivity index (χ0n) is 19.6. The maximum absolute atomic E-state index is 13.0. The van der Waals surface area contributed by atoms with Crippen molar-refractivity contribution in [3.05, 3.63) is 0 Å². The number of amides is 3. The van der Waals surface area contributed by atoms with E-state index in [2.05, 4.69) is 26.3 Å². The molecule has 0 saturated carbocycles. The number of aliphatic imine (C=N–C) groups is 1. The van der Waals surface area contributed by atoms with Gasteiger partial charge in [-0.15, -0.1) is 0 Å². The molecule has 0 bridgehead atoms.